The van der Waals surface area contributed by atoms with Crippen molar-refractivity contribution >= 4 is 17.9 Å². The first-order chi connectivity index (χ1) is 14.6. The summed E-state index contributed by atoms with van der Waals surface area (Å²) in [5.41, 5.74) is 4.09. The van der Waals surface area contributed by atoms with Crippen molar-refractivity contribution in [2.45, 2.75) is 32.6 Å². The van der Waals surface area contributed by atoms with Crippen molar-refractivity contribution < 1.29 is 9.59 Å². The molecule has 1 fully saturated rings. The highest BCUT2D eigenvalue weighted by atomic mass is 16.2. The zero-order valence-electron chi connectivity index (χ0n) is 17.5. The van der Waals surface area contributed by atoms with Gasteiger partial charge in [0.25, 0.3) is 0 Å². The zero-order valence-corrected chi connectivity index (χ0v) is 17.5. The second-order valence-electron chi connectivity index (χ2n) is 8.31. The van der Waals surface area contributed by atoms with E-state index in [9.17, 15) is 9.59 Å². The van der Waals surface area contributed by atoms with Gasteiger partial charge in [-0.3, -0.25) is 14.6 Å². The Morgan fingerprint density at radius 3 is 2.77 bits per heavy atom. The zero-order chi connectivity index (χ0) is 20.9. The van der Waals surface area contributed by atoms with Gasteiger partial charge in [-0.1, -0.05) is 30.3 Å². The van der Waals surface area contributed by atoms with Crippen molar-refractivity contribution in [3.8, 4) is 0 Å². The number of likely N-dealkylation sites (N-methyl/N-ethyl adjacent to an activating group) is 1. The third kappa shape index (κ3) is 4.96. The van der Waals surface area contributed by atoms with Gasteiger partial charge >= 0.3 is 0 Å². The molecule has 156 valence electrons. The number of carbonyl (C=O) groups is 2. The van der Waals surface area contributed by atoms with Crippen LogP contribution < -0.4 is 5.32 Å². The Labute approximate surface area is 178 Å². The van der Waals surface area contributed by atoms with E-state index in [0.29, 0.717) is 24.7 Å². The first-order valence-corrected chi connectivity index (χ1v) is 10.9. The minimum atomic E-state index is 0.0325. The summed E-state index contributed by atoms with van der Waals surface area (Å²) in [5, 5.41) is 3.10. The minimum absolute atomic E-state index is 0.0325. The van der Waals surface area contributed by atoms with Gasteiger partial charge in [-0.25, -0.2) is 0 Å². The molecule has 2 aliphatic rings. The van der Waals surface area contributed by atoms with Gasteiger partial charge in [-0.05, 0) is 60.4 Å². The Morgan fingerprint density at radius 1 is 1.17 bits per heavy atom. The highest BCUT2D eigenvalue weighted by Gasteiger charge is 2.37. The van der Waals surface area contributed by atoms with Crippen LogP contribution in [0.25, 0.3) is 6.08 Å². The predicted molar refractivity (Wildman–Crippen MR) is 118 cm³/mol. The van der Waals surface area contributed by atoms with Gasteiger partial charge in [-0.15, -0.1) is 0 Å². The lowest BCUT2D eigenvalue weighted by atomic mass is 10.1. The predicted octanol–water partition coefficient (Wildman–Crippen LogP) is 3.25. The number of hydrogen-bond donors (Lipinski definition) is 1. The summed E-state index contributed by atoms with van der Waals surface area (Å²) in [7, 11) is 0. The molecule has 2 atom stereocenters. The highest BCUT2D eigenvalue weighted by molar-refractivity contribution is 6.00. The molecule has 1 N–H and O–H groups in total. The van der Waals surface area contributed by atoms with Crippen molar-refractivity contribution in [2.75, 3.05) is 19.6 Å². The molecule has 0 radical (unpaired) electrons. The number of amides is 2. The van der Waals surface area contributed by atoms with Crippen LogP contribution in [0.15, 0.2) is 54.4 Å². The topological polar surface area (TPSA) is 62.3 Å². The molecule has 2 aromatic rings. The van der Waals surface area contributed by atoms with Crippen molar-refractivity contribution in [1.82, 2.24) is 15.2 Å². The van der Waals surface area contributed by atoms with E-state index < -0.39 is 0 Å². The fraction of sp³-hybridized carbons (Fsp3) is 0.400. The van der Waals surface area contributed by atoms with Crippen molar-refractivity contribution in [2.24, 2.45) is 11.8 Å². The van der Waals surface area contributed by atoms with E-state index in [0.717, 1.165) is 49.2 Å². The van der Waals surface area contributed by atoms with Crippen LogP contribution in [0, 0.1) is 11.8 Å². The molecule has 2 amide bonds. The maximum Gasteiger partial charge on any atom is 0.247 e. The first kappa shape index (κ1) is 20.3. The van der Waals surface area contributed by atoms with Gasteiger partial charge in [0, 0.05) is 44.0 Å². The molecule has 2 unspecified atom stereocenters. The summed E-state index contributed by atoms with van der Waals surface area (Å²) in [4.78, 5) is 31.1. The quantitative estimate of drug-likeness (QED) is 0.699. The van der Waals surface area contributed by atoms with Crippen molar-refractivity contribution in [3.63, 3.8) is 0 Å². The summed E-state index contributed by atoms with van der Waals surface area (Å²) in [6.45, 7) is 4.30. The normalized spacial score (nSPS) is 19.0. The monoisotopic (exact) mass is 403 g/mol. The molecule has 30 heavy (non-hydrogen) atoms. The van der Waals surface area contributed by atoms with Crippen LogP contribution in [0.4, 0.5) is 0 Å². The summed E-state index contributed by atoms with van der Waals surface area (Å²) in [6, 6.07) is 11.9. The van der Waals surface area contributed by atoms with Crippen LogP contribution in [0.3, 0.4) is 0 Å². The van der Waals surface area contributed by atoms with Crippen molar-refractivity contribution in [1.29, 1.82) is 0 Å². The van der Waals surface area contributed by atoms with E-state index in [1.54, 1.807) is 6.20 Å². The smallest absolute Gasteiger partial charge is 0.247 e. The van der Waals surface area contributed by atoms with E-state index in [1.165, 1.54) is 5.56 Å². The fourth-order valence-corrected chi connectivity index (χ4v) is 4.23. The van der Waals surface area contributed by atoms with E-state index >= 15 is 0 Å². The Morgan fingerprint density at radius 2 is 2.00 bits per heavy atom. The molecular weight excluding hydrogens is 374 g/mol. The maximum absolute atomic E-state index is 12.6. The van der Waals surface area contributed by atoms with Gasteiger partial charge < -0.3 is 10.2 Å². The van der Waals surface area contributed by atoms with Crippen molar-refractivity contribution in [3.05, 3.63) is 71.1 Å². The molecule has 5 nitrogen and oxygen atoms in total. The largest absolute Gasteiger partial charge is 0.352 e. The van der Waals surface area contributed by atoms with E-state index in [2.05, 4.69) is 10.3 Å². The maximum atomic E-state index is 12.6. The molecule has 4 rings (SSSR count). The number of fused-ring (bicyclic) bond motifs is 1. The number of aromatic nitrogens is 1. The van der Waals surface area contributed by atoms with Crippen LogP contribution in [-0.2, 0) is 22.4 Å². The molecule has 1 saturated carbocycles. The number of benzene rings is 1. The molecule has 1 aromatic carbocycles. The van der Waals surface area contributed by atoms with Crippen LogP contribution in [-0.4, -0.2) is 41.3 Å². The molecule has 0 aliphatic heterocycles. The lowest BCUT2D eigenvalue weighted by molar-refractivity contribution is -0.130. The molecule has 0 bridgehead atoms. The Kier molecular flexibility index (Phi) is 6.26. The van der Waals surface area contributed by atoms with Gasteiger partial charge in [0.2, 0.25) is 11.8 Å². The van der Waals surface area contributed by atoms with Crippen LogP contribution in [0.5, 0.6) is 0 Å². The van der Waals surface area contributed by atoms with Crippen LogP contribution >= 0.6 is 0 Å². The third-order valence-electron chi connectivity index (χ3n) is 6.24. The number of nitrogens with zero attached hydrogens (tertiary/aromatic N) is 2. The highest BCUT2D eigenvalue weighted by Crippen LogP contribution is 2.40. The van der Waals surface area contributed by atoms with Gasteiger partial charge in [0.1, 0.15) is 0 Å². The standard InChI is InChI=1S/C25H29N3O2/c1-2-28(24(29)12-18-6-4-3-5-7-18)11-9-20-14-23(20)17-27-25(30)21-13-19-8-10-26-16-22(19)15-21/h3-8,10,15-16,20,23H,2,9,11-14,17H2,1H3,(H,27,30). The van der Waals surface area contributed by atoms with Gasteiger partial charge in [0.05, 0.1) is 6.42 Å². The number of carbonyl (C=O) groups excluding carboxylic acids is 2. The molecule has 0 saturated heterocycles. The Balaban J connectivity index is 1.17. The summed E-state index contributed by atoms with van der Waals surface area (Å²) >= 11 is 0. The number of hydrogen-bond acceptors (Lipinski definition) is 3. The second-order valence-corrected chi connectivity index (χ2v) is 8.31. The number of pyridine rings is 1. The summed E-state index contributed by atoms with van der Waals surface area (Å²) in [5.74, 6) is 1.35. The van der Waals surface area contributed by atoms with E-state index in [4.69, 9.17) is 0 Å². The molecular formula is C25H29N3O2. The van der Waals surface area contributed by atoms with E-state index in [-0.39, 0.29) is 11.8 Å². The lowest BCUT2D eigenvalue weighted by Crippen LogP contribution is -2.33. The Bertz CT molecular complexity index is 938. The third-order valence-corrected chi connectivity index (χ3v) is 6.24. The van der Waals surface area contributed by atoms with Gasteiger partial charge in [0.15, 0.2) is 0 Å². The van der Waals surface area contributed by atoms with Crippen LogP contribution in [0.2, 0.25) is 0 Å². The molecule has 2 aliphatic carbocycles. The number of nitrogens with one attached hydrogen (secondary N) is 1. The summed E-state index contributed by atoms with van der Waals surface area (Å²) in [6.07, 6.45) is 8.82. The van der Waals surface area contributed by atoms with Crippen LogP contribution in [0.1, 0.15) is 36.5 Å². The second kappa shape index (κ2) is 9.24. The van der Waals surface area contributed by atoms with Gasteiger partial charge in [-0.2, -0.15) is 0 Å². The average molecular weight is 404 g/mol. The molecule has 1 aromatic heterocycles. The summed E-state index contributed by atoms with van der Waals surface area (Å²) < 4.78 is 0. The molecule has 1 heterocycles. The lowest BCUT2D eigenvalue weighted by Gasteiger charge is -2.21. The molecule has 0 spiro atoms. The first-order valence-electron chi connectivity index (χ1n) is 10.9. The van der Waals surface area contributed by atoms with E-state index in [1.807, 2.05) is 60.5 Å². The molecule has 5 heteroatoms. The number of rotatable bonds is 9. The minimum Gasteiger partial charge on any atom is -0.352 e. The Hall–Kier alpha value is -2.95. The fourth-order valence-electron chi connectivity index (χ4n) is 4.23. The SMILES string of the molecule is CCN(CCC1CC1CNC(=O)C1=Cc2cnccc2C1)C(=O)Cc1ccccc1. The average Bonchev–Trinajstić information content (AvgIpc) is 3.37.